The molecule has 1 N–H and O–H groups in total. The number of rotatable bonds is 7. The summed E-state index contributed by atoms with van der Waals surface area (Å²) in [6.45, 7) is 6.34. The Morgan fingerprint density at radius 1 is 1.43 bits per heavy atom. The van der Waals surface area contributed by atoms with Crippen LogP contribution in [-0.2, 0) is 11.3 Å². The minimum Gasteiger partial charge on any atom is -0.382 e. The van der Waals surface area contributed by atoms with Crippen molar-refractivity contribution in [2.75, 3.05) is 18.5 Å². The highest BCUT2D eigenvalue weighted by Crippen LogP contribution is 2.28. The zero-order chi connectivity index (χ0) is 15.2. The summed E-state index contributed by atoms with van der Waals surface area (Å²) in [6.07, 6.45) is 2.98. The van der Waals surface area contributed by atoms with Gasteiger partial charge < -0.3 is 14.6 Å². The Balaban J connectivity index is 2.10. The van der Waals surface area contributed by atoms with Crippen molar-refractivity contribution in [3.8, 4) is 0 Å². The molecular formula is C15H19BrClN3O. The molecule has 6 heteroatoms. The molecule has 0 spiro atoms. The van der Waals surface area contributed by atoms with Crippen LogP contribution in [0.4, 0.5) is 11.6 Å². The van der Waals surface area contributed by atoms with E-state index in [1.807, 2.05) is 38.2 Å². The van der Waals surface area contributed by atoms with Gasteiger partial charge in [0.15, 0.2) is 0 Å². The van der Waals surface area contributed by atoms with E-state index >= 15 is 0 Å². The summed E-state index contributed by atoms with van der Waals surface area (Å²) in [4.78, 5) is 4.51. The van der Waals surface area contributed by atoms with E-state index in [9.17, 15) is 0 Å². The van der Waals surface area contributed by atoms with Gasteiger partial charge in [0.25, 0.3) is 0 Å². The maximum atomic E-state index is 6.21. The highest BCUT2D eigenvalue weighted by molar-refractivity contribution is 9.10. The molecular weight excluding hydrogens is 354 g/mol. The van der Waals surface area contributed by atoms with Crippen molar-refractivity contribution >= 4 is 39.2 Å². The van der Waals surface area contributed by atoms with E-state index in [2.05, 4.69) is 30.8 Å². The minimum absolute atomic E-state index is 0.666. The van der Waals surface area contributed by atoms with Gasteiger partial charge in [-0.05, 0) is 38.5 Å². The Morgan fingerprint density at radius 2 is 2.24 bits per heavy atom. The molecule has 4 nitrogen and oxygen atoms in total. The maximum absolute atomic E-state index is 6.21. The second kappa shape index (κ2) is 7.82. The molecule has 0 aliphatic carbocycles. The summed E-state index contributed by atoms with van der Waals surface area (Å²) in [5, 5.41) is 3.96. The number of hydrogen-bond acceptors (Lipinski definition) is 3. The molecule has 0 bridgehead atoms. The number of hydrogen-bond donors (Lipinski definition) is 1. The lowest BCUT2D eigenvalue weighted by Crippen LogP contribution is -2.06. The number of nitrogens with zero attached hydrogens (tertiary/aromatic N) is 2. The van der Waals surface area contributed by atoms with Gasteiger partial charge >= 0.3 is 0 Å². The average Bonchev–Trinajstić information content (AvgIpc) is 2.79. The number of imidazole rings is 1. The van der Waals surface area contributed by atoms with Crippen LogP contribution in [0.5, 0.6) is 0 Å². The third-order valence-electron chi connectivity index (χ3n) is 2.96. The van der Waals surface area contributed by atoms with Gasteiger partial charge in [0, 0.05) is 30.4 Å². The summed E-state index contributed by atoms with van der Waals surface area (Å²) in [5.41, 5.74) is 1.81. The molecule has 114 valence electrons. The van der Waals surface area contributed by atoms with E-state index in [0.29, 0.717) is 5.02 Å². The number of nitrogens with one attached hydrogen (secondary N) is 1. The van der Waals surface area contributed by atoms with E-state index in [4.69, 9.17) is 16.3 Å². The van der Waals surface area contributed by atoms with Gasteiger partial charge in [-0.15, -0.1) is 0 Å². The normalized spacial score (nSPS) is 10.9. The van der Waals surface area contributed by atoms with Gasteiger partial charge in [-0.25, -0.2) is 4.98 Å². The van der Waals surface area contributed by atoms with Gasteiger partial charge in [0.1, 0.15) is 0 Å². The largest absolute Gasteiger partial charge is 0.382 e. The zero-order valence-corrected chi connectivity index (χ0v) is 14.5. The van der Waals surface area contributed by atoms with Gasteiger partial charge in [-0.3, -0.25) is 0 Å². The Hall–Kier alpha value is -1.04. The third kappa shape index (κ3) is 4.73. The fraction of sp³-hybridized carbons (Fsp3) is 0.400. The van der Waals surface area contributed by atoms with Crippen molar-refractivity contribution in [2.24, 2.45) is 0 Å². The Kier molecular flexibility index (Phi) is 6.08. The molecule has 0 saturated heterocycles. The minimum atomic E-state index is 0.666. The smallest absolute Gasteiger partial charge is 0.207 e. The van der Waals surface area contributed by atoms with Crippen molar-refractivity contribution in [3.63, 3.8) is 0 Å². The predicted octanol–water partition coefficient (Wildman–Crippen LogP) is 4.78. The van der Waals surface area contributed by atoms with Crippen LogP contribution in [0.15, 0.2) is 28.9 Å². The van der Waals surface area contributed by atoms with Crippen molar-refractivity contribution in [3.05, 3.63) is 39.6 Å². The van der Waals surface area contributed by atoms with Crippen LogP contribution in [0.2, 0.25) is 5.02 Å². The molecule has 0 atom stereocenters. The fourth-order valence-corrected chi connectivity index (χ4v) is 2.54. The summed E-state index contributed by atoms with van der Waals surface area (Å²) in [5.74, 6) is 0.795. The zero-order valence-electron chi connectivity index (χ0n) is 12.2. The van der Waals surface area contributed by atoms with E-state index in [1.165, 1.54) is 0 Å². The number of ether oxygens (including phenoxy) is 1. The van der Waals surface area contributed by atoms with Crippen molar-refractivity contribution in [1.29, 1.82) is 0 Å². The lowest BCUT2D eigenvalue weighted by Gasteiger charge is -2.11. The van der Waals surface area contributed by atoms with Gasteiger partial charge in [-0.1, -0.05) is 27.5 Å². The number of aromatic nitrogens is 2. The summed E-state index contributed by atoms with van der Waals surface area (Å²) in [6, 6.07) is 5.70. The second-order valence-electron chi connectivity index (χ2n) is 4.70. The van der Waals surface area contributed by atoms with Crippen molar-refractivity contribution in [1.82, 2.24) is 9.55 Å². The lowest BCUT2D eigenvalue weighted by atomic mass is 10.3. The molecule has 2 rings (SSSR count). The van der Waals surface area contributed by atoms with Crippen LogP contribution in [0, 0.1) is 6.92 Å². The molecule has 21 heavy (non-hydrogen) atoms. The topological polar surface area (TPSA) is 39.1 Å². The van der Waals surface area contributed by atoms with E-state index < -0.39 is 0 Å². The first kappa shape index (κ1) is 16.3. The first-order valence-electron chi connectivity index (χ1n) is 6.93. The molecule has 0 aliphatic heterocycles. The standard InChI is InChI=1S/C15H19BrClN3O/c1-3-21-8-4-7-20-10-11(2)18-15(20)19-14-9-12(16)5-6-13(14)17/h5-6,9-10H,3-4,7-8H2,1-2H3,(H,18,19). The molecule has 0 amide bonds. The van der Waals surface area contributed by atoms with Crippen molar-refractivity contribution < 1.29 is 4.74 Å². The summed E-state index contributed by atoms with van der Waals surface area (Å²) >= 11 is 9.66. The Labute approximate surface area is 138 Å². The molecule has 1 aromatic carbocycles. The summed E-state index contributed by atoms with van der Waals surface area (Å²) < 4.78 is 8.44. The van der Waals surface area contributed by atoms with Crippen molar-refractivity contribution in [2.45, 2.75) is 26.8 Å². The van der Waals surface area contributed by atoms with Crippen LogP contribution < -0.4 is 5.32 Å². The summed E-state index contributed by atoms with van der Waals surface area (Å²) in [7, 11) is 0. The lowest BCUT2D eigenvalue weighted by molar-refractivity contribution is 0.142. The van der Waals surface area contributed by atoms with Gasteiger partial charge in [0.05, 0.1) is 16.4 Å². The number of aryl methyl sites for hydroxylation is 2. The molecule has 0 radical (unpaired) electrons. The SMILES string of the molecule is CCOCCCn1cc(C)nc1Nc1cc(Br)ccc1Cl. The average molecular weight is 373 g/mol. The highest BCUT2D eigenvalue weighted by atomic mass is 79.9. The van der Waals surface area contributed by atoms with Crippen LogP contribution in [0.3, 0.4) is 0 Å². The quantitative estimate of drug-likeness (QED) is 0.711. The van der Waals surface area contributed by atoms with Gasteiger partial charge in [-0.2, -0.15) is 0 Å². The Bertz CT molecular complexity index is 601. The second-order valence-corrected chi connectivity index (χ2v) is 6.02. The number of halogens is 2. The Morgan fingerprint density at radius 3 is 3.00 bits per heavy atom. The van der Waals surface area contributed by atoms with E-state index in [1.54, 1.807) is 0 Å². The molecule has 1 aromatic heterocycles. The third-order valence-corrected chi connectivity index (χ3v) is 3.79. The molecule has 0 unspecified atom stereocenters. The highest BCUT2D eigenvalue weighted by Gasteiger charge is 2.08. The van der Waals surface area contributed by atoms with E-state index in [-0.39, 0.29) is 0 Å². The van der Waals surface area contributed by atoms with Gasteiger partial charge in [0.2, 0.25) is 5.95 Å². The number of anilines is 2. The molecule has 0 saturated carbocycles. The fourth-order valence-electron chi connectivity index (χ4n) is 2.01. The van der Waals surface area contributed by atoms with Crippen LogP contribution in [0.25, 0.3) is 0 Å². The van der Waals surface area contributed by atoms with Crippen LogP contribution in [0.1, 0.15) is 19.0 Å². The molecule has 0 fully saturated rings. The predicted molar refractivity (Wildman–Crippen MR) is 90.5 cm³/mol. The molecule has 2 aromatic rings. The first-order valence-corrected chi connectivity index (χ1v) is 8.11. The first-order chi connectivity index (χ1) is 10.1. The maximum Gasteiger partial charge on any atom is 0.207 e. The monoisotopic (exact) mass is 371 g/mol. The van der Waals surface area contributed by atoms with Crippen LogP contribution in [-0.4, -0.2) is 22.8 Å². The number of benzene rings is 1. The van der Waals surface area contributed by atoms with Crippen LogP contribution >= 0.6 is 27.5 Å². The molecule has 1 heterocycles. The molecule has 0 aliphatic rings. The van der Waals surface area contributed by atoms with E-state index in [0.717, 1.165) is 48.0 Å².